The van der Waals surface area contributed by atoms with Gasteiger partial charge in [0.05, 0.1) is 19.8 Å². The molecule has 7 heteroatoms. The van der Waals surface area contributed by atoms with Gasteiger partial charge in [-0.2, -0.15) is 0 Å². The van der Waals surface area contributed by atoms with Gasteiger partial charge in [-0.05, 0) is 24.6 Å². The van der Waals surface area contributed by atoms with Gasteiger partial charge in [0.15, 0.2) is 23.9 Å². The van der Waals surface area contributed by atoms with Crippen molar-refractivity contribution in [2.75, 3.05) is 13.7 Å². The lowest BCUT2D eigenvalue weighted by Crippen LogP contribution is -2.08. The summed E-state index contributed by atoms with van der Waals surface area (Å²) < 4.78 is 10.8. The highest BCUT2D eigenvalue weighted by Gasteiger charge is 2.17. The average Bonchev–Trinajstić information content (AvgIpc) is 2.51. The summed E-state index contributed by atoms with van der Waals surface area (Å²) in [4.78, 5) is 2.84. The van der Waals surface area contributed by atoms with E-state index >= 15 is 0 Å². The third-order valence-corrected chi connectivity index (χ3v) is 3.94. The molecule has 3 N–H and O–H groups in total. The van der Waals surface area contributed by atoms with Crippen LogP contribution >= 0.6 is 23.2 Å². The van der Waals surface area contributed by atoms with Crippen molar-refractivity contribution in [1.82, 2.24) is 0 Å². The molecule has 23 heavy (non-hydrogen) atoms. The number of aliphatic hydroxyl groups is 1. The second kappa shape index (κ2) is 8.93. The van der Waals surface area contributed by atoms with E-state index < -0.39 is 6.10 Å². The molecule has 1 aromatic carbocycles. The van der Waals surface area contributed by atoms with Crippen LogP contribution in [0.1, 0.15) is 24.2 Å². The summed E-state index contributed by atoms with van der Waals surface area (Å²) in [6, 6.07) is 5.33. The predicted octanol–water partition coefficient (Wildman–Crippen LogP) is 3.31. The van der Waals surface area contributed by atoms with E-state index in [-0.39, 0.29) is 5.48 Å². The molecule has 0 bridgehead atoms. The summed E-state index contributed by atoms with van der Waals surface area (Å²) in [5.41, 5.74) is 1.41. The van der Waals surface area contributed by atoms with E-state index in [1.165, 1.54) is 0 Å². The number of hydrogen-bond acceptors (Lipinski definition) is 4. The number of hydrogen-bond donors (Lipinski definition) is 1. The van der Waals surface area contributed by atoms with E-state index in [2.05, 4.69) is 4.98 Å². The molecule has 2 rings (SSSR count). The summed E-state index contributed by atoms with van der Waals surface area (Å²) in [5.74, 6) is 1.23. The van der Waals surface area contributed by atoms with Crippen LogP contribution < -0.4 is 14.5 Å². The maximum absolute atomic E-state index is 10.5. The average molecular weight is 360 g/mol. The van der Waals surface area contributed by atoms with Gasteiger partial charge in [-0.1, -0.05) is 29.3 Å². The van der Waals surface area contributed by atoms with Crippen molar-refractivity contribution in [1.29, 1.82) is 0 Å². The molecule has 0 aliphatic heterocycles. The van der Waals surface area contributed by atoms with Crippen LogP contribution in [0.3, 0.4) is 0 Å². The lowest BCUT2D eigenvalue weighted by molar-refractivity contribution is -0.377. The molecule has 126 valence electrons. The summed E-state index contributed by atoms with van der Waals surface area (Å²) in [5, 5.41) is 11.4. The molecule has 0 fully saturated rings. The van der Waals surface area contributed by atoms with E-state index in [0.29, 0.717) is 45.7 Å². The Morgan fingerprint density at radius 2 is 1.83 bits per heavy atom. The van der Waals surface area contributed by atoms with Crippen molar-refractivity contribution in [3.8, 4) is 11.5 Å². The Kier molecular flexibility index (Phi) is 7.58. The molecule has 0 radical (unpaired) electrons. The number of halogens is 2. The van der Waals surface area contributed by atoms with Crippen LogP contribution in [-0.4, -0.2) is 24.3 Å². The molecule has 5 nitrogen and oxygen atoms in total. The molecule has 0 saturated carbocycles. The summed E-state index contributed by atoms with van der Waals surface area (Å²) in [6.07, 6.45) is 2.83. The molecular weight excluding hydrogens is 341 g/mol. The Hall–Kier alpha value is -1.53. The fraction of sp³-hybridized carbons (Fsp3) is 0.312. The van der Waals surface area contributed by atoms with Gasteiger partial charge in [0.1, 0.15) is 10.0 Å². The van der Waals surface area contributed by atoms with Crippen molar-refractivity contribution in [2.45, 2.75) is 19.4 Å². The fourth-order valence-electron chi connectivity index (χ4n) is 2.15. The van der Waals surface area contributed by atoms with Gasteiger partial charge in [-0.15, -0.1) is 0 Å². The van der Waals surface area contributed by atoms with E-state index in [4.69, 9.17) is 32.7 Å². The normalized spacial score (nSPS) is 11.5. The second-order valence-electron chi connectivity index (χ2n) is 4.69. The number of H-pyrrole nitrogens is 1. The zero-order valence-electron chi connectivity index (χ0n) is 12.8. The molecule has 1 aromatic heterocycles. The van der Waals surface area contributed by atoms with Crippen LogP contribution in [0.25, 0.3) is 0 Å². The minimum atomic E-state index is -0.748. The fourth-order valence-corrected chi connectivity index (χ4v) is 2.68. The van der Waals surface area contributed by atoms with Gasteiger partial charge in [0.2, 0.25) is 0 Å². The van der Waals surface area contributed by atoms with Crippen LogP contribution in [0.15, 0.2) is 30.6 Å². The Bertz CT molecular complexity index is 632. The highest BCUT2D eigenvalue weighted by molar-refractivity contribution is 6.35. The third-order valence-electron chi connectivity index (χ3n) is 3.27. The van der Waals surface area contributed by atoms with Gasteiger partial charge in [-0.25, -0.2) is 4.98 Å². The smallest absolute Gasteiger partial charge is 0.186 e. The Morgan fingerprint density at radius 1 is 1.17 bits per heavy atom. The van der Waals surface area contributed by atoms with Gasteiger partial charge < -0.3 is 20.1 Å². The minimum absolute atomic E-state index is 0. The van der Waals surface area contributed by atoms with Crippen LogP contribution in [0, 0.1) is 0 Å². The molecule has 1 unspecified atom stereocenters. The quantitative estimate of drug-likeness (QED) is 0.857. The van der Waals surface area contributed by atoms with E-state index in [0.717, 1.165) is 0 Å². The number of aromatic amines is 1. The number of benzene rings is 1. The first kappa shape index (κ1) is 19.5. The van der Waals surface area contributed by atoms with E-state index in [1.54, 1.807) is 37.7 Å². The van der Waals surface area contributed by atoms with Crippen molar-refractivity contribution in [3.63, 3.8) is 0 Å². The van der Waals surface area contributed by atoms with Crippen LogP contribution in [0.5, 0.6) is 11.5 Å². The maximum Gasteiger partial charge on any atom is 0.186 e. The van der Waals surface area contributed by atoms with Crippen LogP contribution in [-0.2, 0) is 6.42 Å². The second-order valence-corrected chi connectivity index (χ2v) is 5.51. The summed E-state index contributed by atoms with van der Waals surface area (Å²) in [7, 11) is 1.58. The lowest BCUT2D eigenvalue weighted by atomic mass is 10.0. The highest BCUT2D eigenvalue weighted by Crippen LogP contribution is 2.33. The monoisotopic (exact) mass is 359 g/mol. The minimum Gasteiger partial charge on any atom is -0.870 e. The lowest BCUT2D eigenvalue weighted by Gasteiger charge is -2.15. The van der Waals surface area contributed by atoms with Gasteiger partial charge >= 0.3 is 0 Å². The Morgan fingerprint density at radius 3 is 2.39 bits per heavy atom. The molecule has 0 amide bonds. The largest absolute Gasteiger partial charge is 0.870 e. The van der Waals surface area contributed by atoms with Crippen LogP contribution in [0.2, 0.25) is 10.0 Å². The number of nitrogens with one attached hydrogen (secondary N) is 1. The van der Waals surface area contributed by atoms with Crippen LogP contribution in [0.4, 0.5) is 0 Å². The number of pyridine rings is 1. The van der Waals surface area contributed by atoms with E-state index in [9.17, 15) is 5.11 Å². The molecule has 2 aromatic rings. The number of aliphatic hydroxyl groups excluding tert-OH is 1. The number of aromatic nitrogens is 1. The number of methoxy groups -OCH3 is 1. The molecule has 0 aliphatic carbocycles. The SMILES string of the molecule is CCOc1cc(C(O)Cc2c(Cl)c[nH+]cc2Cl)ccc1OC.[OH-]. The first-order valence-electron chi connectivity index (χ1n) is 6.89. The number of ether oxygens (including phenoxy) is 2. The van der Waals surface area contributed by atoms with Crippen molar-refractivity contribution < 1.29 is 25.0 Å². The molecule has 1 heterocycles. The van der Waals surface area contributed by atoms with Crippen molar-refractivity contribution in [3.05, 3.63) is 51.8 Å². The Labute approximate surface area is 145 Å². The molecule has 0 saturated heterocycles. The highest BCUT2D eigenvalue weighted by atomic mass is 35.5. The van der Waals surface area contributed by atoms with Gasteiger partial charge in [-0.3, -0.25) is 0 Å². The first-order chi connectivity index (χ1) is 10.6. The Balaban J connectivity index is 0.00000264. The van der Waals surface area contributed by atoms with Gasteiger partial charge in [0.25, 0.3) is 0 Å². The molecule has 0 aliphatic rings. The molecule has 1 atom stereocenters. The molecular formula is C16H19Cl2NO4. The predicted molar refractivity (Wildman–Crippen MR) is 87.8 cm³/mol. The topological polar surface area (TPSA) is 82.8 Å². The van der Waals surface area contributed by atoms with Crippen molar-refractivity contribution in [2.24, 2.45) is 0 Å². The summed E-state index contributed by atoms with van der Waals surface area (Å²) in [6.45, 7) is 2.41. The first-order valence-corrected chi connectivity index (χ1v) is 7.65. The third kappa shape index (κ3) is 4.72. The van der Waals surface area contributed by atoms with Gasteiger partial charge in [0, 0.05) is 12.0 Å². The summed E-state index contributed by atoms with van der Waals surface area (Å²) >= 11 is 12.2. The zero-order valence-corrected chi connectivity index (χ0v) is 14.4. The standard InChI is InChI=1S/C16H17Cl2NO3.H2O/c1-3-22-16-6-10(4-5-15(16)21-2)14(20)7-11-12(17)8-19-9-13(11)18;/h4-6,8-9,14,20H,3,7H2,1-2H3;1H2. The zero-order chi connectivity index (χ0) is 16.1. The van der Waals surface area contributed by atoms with E-state index in [1.807, 2.05) is 6.92 Å². The maximum atomic E-state index is 10.5. The molecule has 0 spiro atoms. The number of rotatable bonds is 6. The van der Waals surface area contributed by atoms with Crippen molar-refractivity contribution >= 4 is 23.2 Å².